The topological polar surface area (TPSA) is 125 Å². The molecule has 0 fully saturated rings. The number of carbonyl (C=O) groups excluding carboxylic acids is 3. The molecule has 0 aliphatic heterocycles. The summed E-state index contributed by atoms with van der Waals surface area (Å²) in [4.78, 5) is 50.0. The molecule has 0 aromatic heterocycles. The summed E-state index contributed by atoms with van der Waals surface area (Å²) in [5, 5.41) is 9.46. The van der Waals surface area contributed by atoms with Crippen molar-refractivity contribution in [3.63, 3.8) is 0 Å². The van der Waals surface area contributed by atoms with Gasteiger partial charge in [-0.2, -0.15) is 0 Å². The Balaban J connectivity index is 1.48. The highest BCUT2D eigenvalue weighted by Gasteiger charge is 2.20. The summed E-state index contributed by atoms with van der Waals surface area (Å²) in [6.07, 6.45) is 14.2. The van der Waals surface area contributed by atoms with Gasteiger partial charge in [-0.15, -0.1) is 0 Å². The standard InChI is InChI=1S/C40H50O9/c1-3-5-7-9-11-13-15-36(41)30-16-21-34(22-17-30)47-27-28-48-40(45)35-29-32(38(42)43)20-25-37(35)49-39(44)31-18-23-33(24-19-31)46-26-14-12-10-8-6-4-2/h16-25,29H,3-15,26-28H2,1-2H3,(H,42,43). The fraction of sp³-hybridized carbons (Fsp3) is 0.450. The number of hydrogen-bond donors (Lipinski definition) is 1. The van der Waals surface area contributed by atoms with Crippen LogP contribution in [0.5, 0.6) is 17.2 Å². The zero-order valence-corrected chi connectivity index (χ0v) is 28.9. The fourth-order valence-corrected chi connectivity index (χ4v) is 5.15. The number of carboxylic acids is 1. The van der Waals surface area contributed by atoms with Crippen molar-refractivity contribution in [2.75, 3.05) is 19.8 Å². The number of hydrogen-bond acceptors (Lipinski definition) is 8. The molecular formula is C40H50O9. The van der Waals surface area contributed by atoms with Crippen LogP contribution in [-0.4, -0.2) is 48.6 Å². The van der Waals surface area contributed by atoms with Gasteiger partial charge in [0, 0.05) is 12.0 Å². The number of rotatable bonds is 24. The fourth-order valence-electron chi connectivity index (χ4n) is 5.15. The second-order valence-corrected chi connectivity index (χ2v) is 12.0. The van der Waals surface area contributed by atoms with Gasteiger partial charge in [-0.25, -0.2) is 14.4 Å². The molecule has 0 aliphatic rings. The lowest BCUT2D eigenvalue weighted by molar-refractivity contribution is 0.0445. The Morgan fingerprint density at radius 1 is 0.551 bits per heavy atom. The van der Waals surface area contributed by atoms with E-state index in [1.165, 1.54) is 57.1 Å². The van der Waals surface area contributed by atoms with Gasteiger partial charge in [-0.1, -0.05) is 78.1 Å². The number of ketones is 1. The molecule has 9 nitrogen and oxygen atoms in total. The molecule has 0 aliphatic carbocycles. The molecule has 0 amide bonds. The van der Waals surface area contributed by atoms with Gasteiger partial charge < -0.3 is 24.1 Å². The average Bonchev–Trinajstić information content (AvgIpc) is 3.11. The molecule has 3 rings (SSSR count). The van der Waals surface area contributed by atoms with Gasteiger partial charge in [0.15, 0.2) is 5.78 Å². The second-order valence-electron chi connectivity index (χ2n) is 12.0. The predicted octanol–water partition coefficient (Wildman–Crippen LogP) is 9.51. The monoisotopic (exact) mass is 674 g/mol. The number of Topliss-reactive ketones (excluding diaryl/α,β-unsaturated/α-hetero) is 1. The molecular weight excluding hydrogens is 624 g/mol. The molecule has 3 aromatic carbocycles. The van der Waals surface area contributed by atoms with Crippen LogP contribution in [0.2, 0.25) is 0 Å². The largest absolute Gasteiger partial charge is 0.494 e. The first-order valence-corrected chi connectivity index (χ1v) is 17.6. The van der Waals surface area contributed by atoms with E-state index >= 15 is 0 Å². The number of esters is 2. The number of unbranched alkanes of at least 4 members (excludes halogenated alkanes) is 10. The number of carbonyl (C=O) groups is 4. The lowest BCUT2D eigenvalue weighted by Crippen LogP contribution is -2.16. The van der Waals surface area contributed by atoms with Crippen molar-refractivity contribution in [2.45, 2.75) is 97.3 Å². The Morgan fingerprint density at radius 3 is 1.69 bits per heavy atom. The smallest absolute Gasteiger partial charge is 0.343 e. The first kappa shape index (κ1) is 38.8. The molecule has 0 spiro atoms. The lowest BCUT2D eigenvalue weighted by Gasteiger charge is -2.12. The van der Waals surface area contributed by atoms with Gasteiger partial charge in [0.25, 0.3) is 0 Å². The maximum absolute atomic E-state index is 13.0. The van der Waals surface area contributed by atoms with E-state index in [0.717, 1.165) is 38.2 Å². The van der Waals surface area contributed by atoms with E-state index in [1.807, 2.05) is 0 Å². The van der Waals surface area contributed by atoms with E-state index in [1.54, 1.807) is 48.5 Å². The quantitative estimate of drug-likeness (QED) is 0.0428. The molecule has 0 heterocycles. The van der Waals surface area contributed by atoms with E-state index in [9.17, 15) is 24.3 Å². The first-order chi connectivity index (χ1) is 23.8. The van der Waals surface area contributed by atoms with Crippen molar-refractivity contribution in [3.05, 3.63) is 89.0 Å². The average molecular weight is 675 g/mol. The SMILES string of the molecule is CCCCCCCCOc1ccc(C(=O)Oc2ccc(C(=O)O)cc2C(=O)OCCOc2ccc(C(=O)CCCCCCCC)cc2)cc1. The van der Waals surface area contributed by atoms with Crippen LogP contribution in [0.15, 0.2) is 66.7 Å². The van der Waals surface area contributed by atoms with Gasteiger partial charge in [-0.05, 0) is 79.6 Å². The first-order valence-electron chi connectivity index (χ1n) is 17.6. The molecule has 0 bridgehead atoms. The number of ether oxygens (including phenoxy) is 4. The van der Waals surface area contributed by atoms with E-state index in [4.69, 9.17) is 18.9 Å². The molecule has 0 unspecified atom stereocenters. The van der Waals surface area contributed by atoms with Crippen molar-refractivity contribution < 1.29 is 43.2 Å². The highest BCUT2D eigenvalue weighted by molar-refractivity contribution is 5.99. The summed E-state index contributed by atoms with van der Waals surface area (Å²) in [7, 11) is 0. The van der Waals surface area contributed by atoms with E-state index in [2.05, 4.69) is 13.8 Å². The normalized spacial score (nSPS) is 10.7. The van der Waals surface area contributed by atoms with Crippen LogP contribution in [0.1, 0.15) is 139 Å². The van der Waals surface area contributed by atoms with Gasteiger partial charge >= 0.3 is 17.9 Å². The minimum Gasteiger partial charge on any atom is -0.494 e. The Morgan fingerprint density at radius 2 is 1.08 bits per heavy atom. The zero-order chi connectivity index (χ0) is 35.3. The molecule has 3 aromatic rings. The minimum absolute atomic E-state index is 0.0117. The summed E-state index contributed by atoms with van der Waals surface area (Å²) in [5.41, 5.74) is 0.485. The van der Waals surface area contributed by atoms with E-state index in [0.29, 0.717) is 30.1 Å². The highest BCUT2D eigenvalue weighted by Crippen LogP contribution is 2.24. The van der Waals surface area contributed by atoms with Gasteiger partial charge in [0.2, 0.25) is 0 Å². The van der Waals surface area contributed by atoms with Crippen LogP contribution in [-0.2, 0) is 4.74 Å². The number of carboxylic acid groups (broad SMARTS) is 1. The summed E-state index contributed by atoms with van der Waals surface area (Å²) < 4.78 is 22.3. The van der Waals surface area contributed by atoms with E-state index in [-0.39, 0.29) is 41.4 Å². The Labute approximate surface area is 289 Å². The summed E-state index contributed by atoms with van der Waals surface area (Å²) >= 11 is 0. The molecule has 9 heteroatoms. The third-order valence-corrected chi connectivity index (χ3v) is 8.02. The molecule has 0 saturated carbocycles. The van der Waals surface area contributed by atoms with Crippen molar-refractivity contribution >= 4 is 23.7 Å². The minimum atomic E-state index is -1.25. The third-order valence-electron chi connectivity index (χ3n) is 8.02. The van der Waals surface area contributed by atoms with Gasteiger partial charge in [0.05, 0.1) is 17.7 Å². The second kappa shape index (κ2) is 22.1. The summed E-state index contributed by atoms with van der Waals surface area (Å²) in [6.45, 7) is 4.82. The molecule has 0 radical (unpaired) electrons. The van der Waals surface area contributed by atoms with Crippen LogP contribution in [0.4, 0.5) is 0 Å². The van der Waals surface area contributed by atoms with Gasteiger partial charge in [-0.3, -0.25) is 4.79 Å². The lowest BCUT2D eigenvalue weighted by atomic mass is 10.0. The van der Waals surface area contributed by atoms with Crippen molar-refractivity contribution in [2.24, 2.45) is 0 Å². The van der Waals surface area contributed by atoms with Gasteiger partial charge in [0.1, 0.15) is 36.0 Å². The molecule has 0 saturated heterocycles. The van der Waals surface area contributed by atoms with Crippen LogP contribution < -0.4 is 14.2 Å². The highest BCUT2D eigenvalue weighted by atomic mass is 16.6. The maximum atomic E-state index is 13.0. The molecule has 264 valence electrons. The van der Waals surface area contributed by atoms with Crippen LogP contribution in [0.25, 0.3) is 0 Å². The number of benzene rings is 3. The summed E-state index contributed by atoms with van der Waals surface area (Å²) in [6, 6.07) is 16.9. The zero-order valence-electron chi connectivity index (χ0n) is 28.9. The molecule has 1 N–H and O–H groups in total. The Bertz CT molecular complexity index is 1460. The Hall–Kier alpha value is -4.66. The molecule has 49 heavy (non-hydrogen) atoms. The summed E-state index contributed by atoms with van der Waals surface area (Å²) in [5.74, 6) is -1.74. The van der Waals surface area contributed by atoms with E-state index < -0.39 is 17.9 Å². The number of aromatic carboxylic acids is 1. The van der Waals surface area contributed by atoms with Crippen LogP contribution in [0, 0.1) is 0 Å². The maximum Gasteiger partial charge on any atom is 0.343 e. The van der Waals surface area contributed by atoms with Crippen LogP contribution in [0.3, 0.4) is 0 Å². The predicted molar refractivity (Wildman–Crippen MR) is 188 cm³/mol. The third kappa shape index (κ3) is 14.2. The van der Waals surface area contributed by atoms with Crippen molar-refractivity contribution in [1.29, 1.82) is 0 Å². The van der Waals surface area contributed by atoms with Crippen LogP contribution >= 0.6 is 0 Å². The Kier molecular flexibility index (Phi) is 17.5. The van der Waals surface area contributed by atoms with Crippen molar-refractivity contribution in [3.8, 4) is 17.2 Å². The van der Waals surface area contributed by atoms with Crippen molar-refractivity contribution in [1.82, 2.24) is 0 Å². The molecule has 0 atom stereocenters.